The second kappa shape index (κ2) is 10.3. The first-order chi connectivity index (χ1) is 17.6. The molecule has 6 rings (SSSR count). The molecule has 7 heteroatoms. The van der Waals surface area contributed by atoms with E-state index in [1.165, 1.54) is 48.4 Å². The van der Waals surface area contributed by atoms with E-state index in [1.807, 2.05) is 36.4 Å². The lowest BCUT2D eigenvalue weighted by molar-refractivity contribution is -0.119. The maximum atomic E-state index is 12.7. The van der Waals surface area contributed by atoms with Crippen molar-refractivity contribution in [1.29, 1.82) is 0 Å². The van der Waals surface area contributed by atoms with E-state index in [0.717, 1.165) is 35.3 Å². The Balaban J connectivity index is 1.20. The van der Waals surface area contributed by atoms with Gasteiger partial charge in [0.1, 0.15) is 18.9 Å². The monoisotopic (exact) mass is 524 g/mol. The molecule has 1 N–H and O–H groups in total. The highest BCUT2D eigenvalue weighted by atomic mass is 32.2. The number of amides is 1. The summed E-state index contributed by atoms with van der Waals surface area (Å²) in [5.74, 6) is 3.35. The Morgan fingerprint density at radius 1 is 1.00 bits per heavy atom. The Hall–Kier alpha value is -2.54. The maximum Gasteiger partial charge on any atom is 0.240 e. The molecule has 200 valence electrons. The van der Waals surface area contributed by atoms with Crippen LogP contribution in [0.1, 0.15) is 69.4 Å². The number of ether oxygens (including phenoxy) is 1. The lowest BCUT2D eigenvalue weighted by atomic mass is 9.48. The van der Waals surface area contributed by atoms with Gasteiger partial charge >= 0.3 is 0 Å². The van der Waals surface area contributed by atoms with Crippen molar-refractivity contribution in [1.82, 2.24) is 5.32 Å². The van der Waals surface area contributed by atoms with E-state index in [0.29, 0.717) is 24.8 Å². The number of para-hydroxylation sites is 1. The van der Waals surface area contributed by atoms with Crippen molar-refractivity contribution >= 4 is 21.6 Å². The van der Waals surface area contributed by atoms with E-state index in [9.17, 15) is 13.2 Å². The number of anilines is 1. The van der Waals surface area contributed by atoms with Crippen molar-refractivity contribution < 1.29 is 17.9 Å². The normalized spacial score (nSPS) is 26.3. The molecule has 1 amide bonds. The zero-order valence-electron chi connectivity index (χ0n) is 22.3. The lowest BCUT2D eigenvalue weighted by Crippen LogP contribution is -2.48. The average Bonchev–Trinajstić information content (AvgIpc) is 2.84. The molecule has 0 spiro atoms. The standard InChI is InChI=1S/C30H40N2O4S/c1-21(2)27-6-4-5-7-28(27)36-13-12-31-29(33)20-32(37(3,34)35)26-10-8-25(9-11-26)30-17-22-14-23(18-30)16-24(15-22)19-30/h4-11,21-24H,12-20H2,1-3H3,(H,31,33). The van der Waals surface area contributed by atoms with Crippen LogP contribution in [-0.4, -0.2) is 40.3 Å². The minimum Gasteiger partial charge on any atom is -0.491 e. The molecule has 2 aromatic rings. The first kappa shape index (κ1) is 26.1. The van der Waals surface area contributed by atoms with Gasteiger partial charge in [-0.05, 0) is 96.9 Å². The highest BCUT2D eigenvalue weighted by molar-refractivity contribution is 7.92. The van der Waals surface area contributed by atoms with Crippen molar-refractivity contribution in [3.8, 4) is 5.75 Å². The van der Waals surface area contributed by atoms with Gasteiger partial charge in [-0.25, -0.2) is 8.42 Å². The lowest BCUT2D eigenvalue weighted by Gasteiger charge is -2.57. The fraction of sp³-hybridized carbons (Fsp3) is 0.567. The molecule has 4 aliphatic rings. The SMILES string of the molecule is CC(C)c1ccccc1OCCNC(=O)CN(c1ccc(C23CC4CC(CC(C4)C2)C3)cc1)S(C)(=O)=O. The van der Waals surface area contributed by atoms with Crippen LogP contribution in [0.15, 0.2) is 48.5 Å². The summed E-state index contributed by atoms with van der Waals surface area (Å²) in [6.07, 6.45) is 9.12. The summed E-state index contributed by atoms with van der Waals surface area (Å²) in [7, 11) is -3.62. The van der Waals surface area contributed by atoms with E-state index < -0.39 is 10.0 Å². The highest BCUT2D eigenvalue weighted by Crippen LogP contribution is 2.60. The van der Waals surface area contributed by atoms with Gasteiger partial charge in [-0.15, -0.1) is 0 Å². The molecule has 4 fully saturated rings. The van der Waals surface area contributed by atoms with Crippen LogP contribution in [-0.2, 0) is 20.2 Å². The van der Waals surface area contributed by atoms with Gasteiger partial charge in [0.15, 0.2) is 0 Å². The Kier molecular flexibility index (Phi) is 7.27. The molecule has 4 aliphatic carbocycles. The summed E-state index contributed by atoms with van der Waals surface area (Å²) in [5.41, 5.74) is 3.25. The highest BCUT2D eigenvalue weighted by Gasteiger charge is 2.51. The molecule has 0 aliphatic heterocycles. The third-order valence-electron chi connectivity index (χ3n) is 8.72. The summed E-state index contributed by atoms with van der Waals surface area (Å²) >= 11 is 0. The first-order valence-electron chi connectivity index (χ1n) is 13.7. The predicted molar refractivity (Wildman–Crippen MR) is 148 cm³/mol. The third-order valence-corrected chi connectivity index (χ3v) is 9.86. The van der Waals surface area contributed by atoms with Gasteiger partial charge in [0.25, 0.3) is 0 Å². The minimum atomic E-state index is -3.62. The van der Waals surface area contributed by atoms with Gasteiger partial charge < -0.3 is 10.1 Å². The number of hydrogen-bond acceptors (Lipinski definition) is 4. The zero-order valence-corrected chi connectivity index (χ0v) is 23.1. The van der Waals surface area contributed by atoms with E-state index in [-0.39, 0.29) is 17.9 Å². The Labute approximate surface area is 221 Å². The molecule has 0 unspecified atom stereocenters. The summed E-state index contributed by atoms with van der Waals surface area (Å²) in [6.45, 7) is 4.58. The number of sulfonamides is 1. The van der Waals surface area contributed by atoms with E-state index in [4.69, 9.17) is 4.74 Å². The largest absolute Gasteiger partial charge is 0.491 e. The van der Waals surface area contributed by atoms with Crippen LogP contribution in [0, 0.1) is 17.8 Å². The quantitative estimate of drug-likeness (QED) is 0.432. The summed E-state index contributed by atoms with van der Waals surface area (Å²) in [6, 6.07) is 15.9. The van der Waals surface area contributed by atoms with Gasteiger partial charge in [0, 0.05) is 0 Å². The summed E-state index contributed by atoms with van der Waals surface area (Å²) < 4.78 is 32.3. The maximum absolute atomic E-state index is 12.7. The molecule has 4 saturated carbocycles. The van der Waals surface area contributed by atoms with E-state index in [1.54, 1.807) is 0 Å². The fourth-order valence-electron chi connectivity index (χ4n) is 7.47. The number of hydrogen-bond donors (Lipinski definition) is 1. The number of carbonyl (C=O) groups excluding carboxylic acids is 1. The number of nitrogens with zero attached hydrogens (tertiary/aromatic N) is 1. The van der Waals surface area contributed by atoms with Crippen LogP contribution in [0.3, 0.4) is 0 Å². The first-order valence-corrected chi connectivity index (χ1v) is 15.5. The Morgan fingerprint density at radius 2 is 1.59 bits per heavy atom. The van der Waals surface area contributed by atoms with Crippen LogP contribution in [0.2, 0.25) is 0 Å². The molecule has 6 nitrogen and oxygen atoms in total. The van der Waals surface area contributed by atoms with Crippen molar-refractivity contribution in [3.63, 3.8) is 0 Å². The average molecular weight is 525 g/mol. The van der Waals surface area contributed by atoms with Crippen LogP contribution in [0.4, 0.5) is 5.69 Å². The molecule has 0 atom stereocenters. The molecular weight excluding hydrogens is 484 g/mol. The van der Waals surface area contributed by atoms with Gasteiger partial charge in [-0.3, -0.25) is 9.10 Å². The van der Waals surface area contributed by atoms with Gasteiger partial charge in [-0.1, -0.05) is 44.2 Å². The van der Waals surface area contributed by atoms with Crippen LogP contribution in [0.5, 0.6) is 5.75 Å². The number of nitrogens with one attached hydrogen (secondary N) is 1. The molecule has 37 heavy (non-hydrogen) atoms. The molecule has 2 aromatic carbocycles. The number of carbonyl (C=O) groups is 1. The van der Waals surface area contributed by atoms with Crippen LogP contribution in [0.25, 0.3) is 0 Å². The van der Waals surface area contributed by atoms with Crippen LogP contribution >= 0.6 is 0 Å². The van der Waals surface area contributed by atoms with Crippen molar-refractivity contribution in [2.75, 3.05) is 30.3 Å². The molecular formula is C30H40N2O4S. The summed E-state index contributed by atoms with van der Waals surface area (Å²) in [5, 5.41) is 2.80. The molecule has 0 radical (unpaired) electrons. The smallest absolute Gasteiger partial charge is 0.240 e. The minimum absolute atomic E-state index is 0.252. The Morgan fingerprint density at radius 3 is 2.16 bits per heavy atom. The van der Waals surface area contributed by atoms with Crippen molar-refractivity contribution in [3.05, 3.63) is 59.7 Å². The second-order valence-electron chi connectivity index (χ2n) is 11.9. The topological polar surface area (TPSA) is 75.7 Å². The number of benzene rings is 2. The molecule has 0 aromatic heterocycles. The third kappa shape index (κ3) is 5.66. The molecule has 0 heterocycles. The van der Waals surface area contributed by atoms with Gasteiger partial charge in [-0.2, -0.15) is 0 Å². The summed E-state index contributed by atoms with van der Waals surface area (Å²) in [4.78, 5) is 12.7. The van der Waals surface area contributed by atoms with Crippen molar-refractivity contribution in [2.24, 2.45) is 17.8 Å². The molecule has 0 saturated heterocycles. The Bertz CT molecular complexity index is 1190. The van der Waals surface area contributed by atoms with Crippen LogP contribution < -0.4 is 14.4 Å². The van der Waals surface area contributed by atoms with Crippen molar-refractivity contribution in [2.45, 2.75) is 63.7 Å². The van der Waals surface area contributed by atoms with Gasteiger partial charge in [0.2, 0.25) is 15.9 Å². The second-order valence-corrected chi connectivity index (χ2v) is 13.8. The predicted octanol–water partition coefficient (Wildman–Crippen LogP) is 5.24. The van der Waals surface area contributed by atoms with Gasteiger partial charge in [0.05, 0.1) is 18.5 Å². The molecule has 4 bridgehead atoms. The fourth-order valence-corrected chi connectivity index (χ4v) is 8.33. The van der Waals surface area contributed by atoms with E-state index in [2.05, 4.69) is 31.3 Å². The number of rotatable bonds is 10. The zero-order chi connectivity index (χ0) is 26.2. The van der Waals surface area contributed by atoms with E-state index >= 15 is 0 Å².